The second-order valence-electron chi connectivity index (χ2n) is 7.21. The number of carbonyl (C=O) groups is 2. The van der Waals surface area contributed by atoms with Crippen LogP contribution in [0.2, 0.25) is 0 Å². The standard InChI is InChI=1S/C19H27N3O4S/c1-2-10-20-17(23)9-11-27(25,26)22-19(24)21-18-15-7-3-5-13(15)12-14-6-4-8-16(14)18/h12H,2-11H2,1H3,(H,20,23)(H2,21,22,24). The van der Waals surface area contributed by atoms with E-state index in [0.717, 1.165) is 61.8 Å². The molecule has 1 aromatic rings. The van der Waals surface area contributed by atoms with Gasteiger partial charge < -0.3 is 10.6 Å². The number of nitrogens with one attached hydrogen (secondary N) is 3. The number of anilines is 1. The molecule has 0 bridgehead atoms. The molecule has 0 aliphatic heterocycles. The lowest BCUT2D eigenvalue weighted by atomic mass is 9.99. The van der Waals surface area contributed by atoms with Crippen molar-refractivity contribution in [2.24, 2.45) is 0 Å². The van der Waals surface area contributed by atoms with Crippen LogP contribution in [0.25, 0.3) is 0 Å². The number of urea groups is 1. The minimum absolute atomic E-state index is 0.168. The van der Waals surface area contributed by atoms with Gasteiger partial charge in [-0.25, -0.2) is 17.9 Å². The molecule has 0 radical (unpaired) electrons. The summed E-state index contributed by atoms with van der Waals surface area (Å²) in [4.78, 5) is 23.9. The molecule has 2 aliphatic carbocycles. The summed E-state index contributed by atoms with van der Waals surface area (Å²) in [7, 11) is -3.87. The first-order valence-electron chi connectivity index (χ1n) is 9.64. The van der Waals surface area contributed by atoms with Crippen molar-refractivity contribution < 1.29 is 18.0 Å². The maximum atomic E-state index is 12.3. The first-order chi connectivity index (χ1) is 12.9. The summed E-state index contributed by atoms with van der Waals surface area (Å²) < 4.78 is 26.3. The van der Waals surface area contributed by atoms with E-state index in [4.69, 9.17) is 0 Å². The molecule has 0 saturated carbocycles. The Balaban J connectivity index is 1.64. The van der Waals surface area contributed by atoms with Crippen LogP contribution < -0.4 is 15.4 Å². The first-order valence-corrected chi connectivity index (χ1v) is 11.3. The molecular formula is C19H27N3O4S. The minimum atomic E-state index is -3.87. The Morgan fingerprint density at radius 1 is 1.04 bits per heavy atom. The smallest absolute Gasteiger partial charge is 0.332 e. The SMILES string of the molecule is CCCNC(=O)CCS(=O)(=O)NC(=O)Nc1c2c(cc3c1CCC3)CCC2. The van der Waals surface area contributed by atoms with Gasteiger partial charge in [0.1, 0.15) is 0 Å². The Hall–Kier alpha value is -2.09. The molecule has 1 aromatic carbocycles. The summed E-state index contributed by atoms with van der Waals surface area (Å²) in [5.41, 5.74) is 5.61. The Kier molecular flexibility index (Phi) is 6.04. The van der Waals surface area contributed by atoms with Crippen LogP contribution in [0.3, 0.4) is 0 Å². The number of amides is 3. The van der Waals surface area contributed by atoms with Gasteiger partial charge in [0.05, 0.1) is 5.75 Å². The normalized spacial score (nSPS) is 15.1. The third-order valence-electron chi connectivity index (χ3n) is 5.13. The second kappa shape index (κ2) is 8.29. The highest BCUT2D eigenvalue weighted by atomic mass is 32.2. The molecular weight excluding hydrogens is 366 g/mol. The fourth-order valence-corrected chi connectivity index (χ4v) is 4.77. The van der Waals surface area contributed by atoms with E-state index in [1.807, 2.05) is 11.6 Å². The summed E-state index contributed by atoms with van der Waals surface area (Å²) in [6.45, 7) is 2.43. The van der Waals surface area contributed by atoms with Gasteiger partial charge >= 0.3 is 6.03 Å². The van der Waals surface area contributed by atoms with Crippen LogP contribution in [0, 0.1) is 0 Å². The number of carbonyl (C=O) groups excluding carboxylic acids is 2. The number of hydrogen-bond acceptors (Lipinski definition) is 4. The molecule has 0 spiro atoms. The van der Waals surface area contributed by atoms with Crippen molar-refractivity contribution in [3.8, 4) is 0 Å². The van der Waals surface area contributed by atoms with Crippen LogP contribution in [0.1, 0.15) is 54.9 Å². The van der Waals surface area contributed by atoms with Crippen LogP contribution >= 0.6 is 0 Å². The molecule has 0 atom stereocenters. The van der Waals surface area contributed by atoms with Crippen LogP contribution in [0.4, 0.5) is 10.5 Å². The first kappa shape index (κ1) is 19.7. The van der Waals surface area contributed by atoms with Crippen molar-refractivity contribution >= 4 is 27.6 Å². The zero-order chi connectivity index (χ0) is 19.4. The van der Waals surface area contributed by atoms with Crippen molar-refractivity contribution in [2.75, 3.05) is 17.6 Å². The fourth-order valence-electron chi connectivity index (χ4n) is 3.88. The monoisotopic (exact) mass is 393 g/mol. The number of hydrogen-bond donors (Lipinski definition) is 3. The third-order valence-corrected chi connectivity index (χ3v) is 6.37. The molecule has 27 heavy (non-hydrogen) atoms. The van der Waals surface area contributed by atoms with E-state index in [2.05, 4.69) is 16.7 Å². The van der Waals surface area contributed by atoms with Crippen LogP contribution in [-0.2, 0) is 40.5 Å². The lowest BCUT2D eigenvalue weighted by Gasteiger charge is -2.16. The highest BCUT2D eigenvalue weighted by Gasteiger charge is 2.26. The van der Waals surface area contributed by atoms with Gasteiger partial charge in [0.2, 0.25) is 15.9 Å². The number of sulfonamides is 1. The van der Waals surface area contributed by atoms with Crippen LogP contribution in [0.5, 0.6) is 0 Å². The van der Waals surface area contributed by atoms with Gasteiger partial charge in [-0.2, -0.15) is 0 Å². The Morgan fingerprint density at radius 2 is 1.67 bits per heavy atom. The maximum Gasteiger partial charge on any atom is 0.332 e. The van der Waals surface area contributed by atoms with Gasteiger partial charge in [-0.05, 0) is 67.2 Å². The summed E-state index contributed by atoms with van der Waals surface area (Å²) in [6.07, 6.45) is 6.54. The van der Waals surface area contributed by atoms with E-state index < -0.39 is 21.8 Å². The van der Waals surface area contributed by atoms with E-state index in [1.165, 1.54) is 11.1 Å². The van der Waals surface area contributed by atoms with Crippen molar-refractivity contribution in [2.45, 2.75) is 58.3 Å². The molecule has 8 heteroatoms. The molecule has 3 amide bonds. The second-order valence-corrected chi connectivity index (χ2v) is 9.05. The van der Waals surface area contributed by atoms with Gasteiger partial charge in [0.15, 0.2) is 0 Å². The van der Waals surface area contributed by atoms with Gasteiger partial charge in [-0.1, -0.05) is 13.0 Å². The molecule has 148 valence electrons. The van der Waals surface area contributed by atoms with Gasteiger partial charge in [-0.3, -0.25) is 4.79 Å². The van der Waals surface area contributed by atoms with Gasteiger partial charge in [0, 0.05) is 18.7 Å². The molecule has 0 unspecified atom stereocenters. The Morgan fingerprint density at radius 3 is 2.26 bits per heavy atom. The average Bonchev–Trinajstić information content (AvgIpc) is 3.26. The maximum absolute atomic E-state index is 12.3. The Bertz CT molecular complexity index is 817. The van der Waals surface area contributed by atoms with Crippen LogP contribution in [-0.4, -0.2) is 32.7 Å². The largest absolute Gasteiger partial charge is 0.356 e. The van der Waals surface area contributed by atoms with Crippen molar-refractivity contribution in [1.29, 1.82) is 0 Å². The fraction of sp³-hybridized carbons (Fsp3) is 0.579. The highest BCUT2D eigenvalue weighted by Crippen LogP contribution is 2.38. The van der Waals surface area contributed by atoms with Gasteiger partial charge in [0.25, 0.3) is 0 Å². The predicted molar refractivity (Wildman–Crippen MR) is 104 cm³/mol. The summed E-state index contributed by atoms with van der Waals surface area (Å²) >= 11 is 0. The highest BCUT2D eigenvalue weighted by molar-refractivity contribution is 7.90. The number of benzene rings is 1. The molecule has 2 aliphatic rings. The van der Waals surface area contributed by atoms with Crippen molar-refractivity contribution in [3.05, 3.63) is 28.3 Å². The predicted octanol–water partition coefficient (Wildman–Crippen LogP) is 2.03. The molecule has 3 rings (SSSR count). The summed E-state index contributed by atoms with van der Waals surface area (Å²) in [5.74, 6) is -0.748. The van der Waals surface area contributed by atoms with E-state index in [0.29, 0.717) is 6.54 Å². The topological polar surface area (TPSA) is 104 Å². The lowest BCUT2D eigenvalue weighted by Crippen LogP contribution is -2.37. The number of aryl methyl sites for hydroxylation is 2. The van der Waals surface area contributed by atoms with E-state index in [1.54, 1.807) is 0 Å². The summed E-state index contributed by atoms with van der Waals surface area (Å²) in [6, 6.07) is 1.50. The Labute approximate surface area is 160 Å². The number of rotatable bonds is 7. The van der Waals surface area contributed by atoms with E-state index in [-0.39, 0.29) is 12.3 Å². The lowest BCUT2D eigenvalue weighted by molar-refractivity contribution is -0.120. The third kappa shape index (κ3) is 4.80. The molecule has 0 saturated heterocycles. The zero-order valence-corrected chi connectivity index (χ0v) is 16.5. The zero-order valence-electron chi connectivity index (χ0n) is 15.7. The summed E-state index contributed by atoms with van der Waals surface area (Å²) in [5, 5.41) is 5.41. The molecule has 3 N–H and O–H groups in total. The van der Waals surface area contributed by atoms with E-state index in [9.17, 15) is 18.0 Å². The molecule has 0 fully saturated rings. The number of fused-ring (bicyclic) bond motifs is 2. The minimum Gasteiger partial charge on any atom is -0.356 e. The quantitative estimate of drug-likeness (QED) is 0.659. The van der Waals surface area contributed by atoms with Crippen molar-refractivity contribution in [1.82, 2.24) is 10.0 Å². The molecule has 7 nitrogen and oxygen atoms in total. The average molecular weight is 394 g/mol. The van der Waals surface area contributed by atoms with Crippen LogP contribution in [0.15, 0.2) is 6.07 Å². The molecule has 0 heterocycles. The van der Waals surface area contributed by atoms with Crippen molar-refractivity contribution in [3.63, 3.8) is 0 Å². The molecule has 0 aromatic heterocycles. The van der Waals surface area contributed by atoms with Gasteiger partial charge in [-0.15, -0.1) is 0 Å². The van der Waals surface area contributed by atoms with E-state index >= 15 is 0 Å².